The lowest BCUT2D eigenvalue weighted by Gasteiger charge is -2.26. The fraction of sp³-hybridized carbons (Fsp3) is 0.529. The van der Waals surface area contributed by atoms with Crippen LogP contribution in [0.3, 0.4) is 0 Å². The van der Waals surface area contributed by atoms with Crippen LogP contribution in [-0.2, 0) is 16.1 Å². The van der Waals surface area contributed by atoms with Gasteiger partial charge < -0.3 is 14.7 Å². The maximum absolute atomic E-state index is 12.4. The first-order valence-electron chi connectivity index (χ1n) is 7.75. The van der Waals surface area contributed by atoms with E-state index in [1.807, 2.05) is 19.2 Å². The lowest BCUT2D eigenvalue weighted by atomic mass is 9.88. The van der Waals surface area contributed by atoms with Gasteiger partial charge in [0.2, 0.25) is 5.91 Å². The van der Waals surface area contributed by atoms with E-state index in [1.165, 1.54) is 6.42 Å². The van der Waals surface area contributed by atoms with Crippen molar-refractivity contribution in [1.29, 1.82) is 0 Å². The maximum Gasteiger partial charge on any atom is 0.341 e. The summed E-state index contributed by atoms with van der Waals surface area (Å²) in [6.07, 6.45) is 5.56. The lowest BCUT2D eigenvalue weighted by Crippen LogP contribution is -2.33. The number of amides is 1. The van der Waals surface area contributed by atoms with Crippen LogP contribution >= 0.6 is 0 Å². The van der Waals surface area contributed by atoms with Crippen molar-refractivity contribution in [2.75, 3.05) is 13.7 Å². The fourth-order valence-corrected chi connectivity index (χ4v) is 2.85. The van der Waals surface area contributed by atoms with Crippen LogP contribution < -0.4 is 4.74 Å². The average molecular weight is 305 g/mol. The van der Waals surface area contributed by atoms with Crippen LogP contribution in [0.25, 0.3) is 0 Å². The second-order valence-electron chi connectivity index (χ2n) is 5.86. The smallest absolute Gasteiger partial charge is 0.341 e. The Bertz CT molecular complexity index is 506. The number of nitrogens with zero attached hydrogens (tertiary/aromatic N) is 1. The number of carbonyl (C=O) groups is 2. The molecule has 0 spiro atoms. The molecule has 0 saturated heterocycles. The van der Waals surface area contributed by atoms with Crippen molar-refractivity contribution in [2.45, 2.75) is 38.6 Å². The molecule has 1 aromatic rings. The number of aliphatic carboxylic acids is 1. The minimum atomic E-state index is -0.998. The third-order valence-corrected chi connectivity index (χ3v) is 4.04. The molecular formula is C17H23NO4. The highest BCUT2D eigenvalue weighted by Crippen LogP contribution is 2.25. The molecule has 0 unspecified atom stereocenters. The van der Waals surface area contributed by atoms with Crippen LogP contribution in [0.15, 0.2) is 24.3 Å². The quantitative estimate of drug-likeness (QED) is 0.877. The van der Waals surface area contributed by atoms with Gasteiger partial charge in [-0.3, -0.25) is 4.79 Å². The third kappa shape index (κ3) is 4.76. The number of carbonyl (C=O) groups excluding carboxylic acids is 1. The Hall–Kier alpha value is -2.04. The van der Waals surface area contributed by atoms with Crippen LogP contribution in [0.5, 0.6) is 5.75 Å². The van der Waals surface area contributed by atoms with Gasteiger partial charge in [-0.05, 0) is 30.5 Å². The summed E-state index contributed by atoms with van der Waals surface area (Å²) in [5, 5.41) is 8.56. The van der Waals surface area contributed by atoms with Crippen LogP contribution in [0, 0.1) is 5.92 Å². The van der Waals surface area contributed by atoms with E-state index in [0.29, 0.717) is 12.3 Å². The summed E-state index contributed by atoms with van der Waals surface area (Å²) in [7, 11) is 1.84. The zero-order chi connectivity index (χ0) is 15.9. The van der Waals surface area contributed by atoms with E-state index in [4.69, 9.17) is 9.84 Å². The van der Waals surface area contributed by atoms with Crippen molar-refractivity contribution < 1.29 is 19.4 Å². The minimum Gasteiger partial charge on any atom is -0.482 e. The first-order chi connectivity index (χ1) is 10.6. The van der Waals surface area contributed by atoms with Crippen molar-refractivity contribution in [3.63, 3.8) is 0 Å². The van der Waals surface area contributed by atoms with Crippen molar-refractivity contribution in [3.05, 3.63) is 29.8 Å². The van der Waals surface area contributed by atoms with Crippen molar-refractivity contribution in [2.24, 2.45) is 5.92 Å². The Kier molecular flexibility index (Phi) is 5.81. The first-order valence-corrected chi connectivity index (χ1v) is 7.75. The predicted molar refractivity (Wildman–Crippen MR) is 82.6 cm³/mol. The molecule has 0 radical (unpaired) electrons. The topological polar surface area (TPSA) is 66.8 Å². The summed E-state index contributed by atoms with van der Waals surface area (Å²) in [6.45, 7) is 0.216. The summed E-state index contributed by atoms with van der Waals surface area (Å²) in [6, 6.07) is 7.19. The fourth-order valence-electron chi connectivity index (χ4n) is 2.85. The highest BCUT2D eigenvalue weighted by Gasteiger charge is 2.23. The van der Waals surface area contributed by atoms with E-state index in [2.05, 4.69) is 0 Å². The van der Waals surface area contributed by atoms with Gasteiger partial charge >= 0.3 is 5.97 Å². The van der Waals surface area contributed by atoms with Gasteiger partial charge in [0.25, 0.3) is 0 Å². The number of hydrogen-bond donors (Lipinski definition) is 1. The number of rotatable bonds is 6. The third-order valence-electron chi connectivity index (χ3n) is 4.04. The molecule has 5 heteroatoms. The molecule has 0 atom stereocenters. The zero-order valence-corrected chi connectivity index (χ0v) is 13.0. The molecule has 2 rings (SSSR count). The number of ether oxygens (including phenoxy) is 1. The van der Waals surface area contributed by atoms with Gasteiger partial charge in [0, 0.05) is 19.5 Å². The molecule has 22 heavy (non-hydrogen) atoms. The molecule has 1 aliphatic rings. The molecule has 0 aromatic heterocycles. The van der Waals surface area contributed by atoms with Gasteiger partial charge in [-0.2, -0.15) is 0 Å². The van der Waals surface area contributed by atoms with Gasteiger partial charge in [0.1, 0.15) is 5.75 Å². The molecule has 1 aliphatic carbocycles. The molecule has 1 aromatic carbocycles. The van der Waals surface area contributed by atoms with Crippen molar-refractivity contribution >= 4 is 11.9 Å². The first kappa shape index (κ1) is 16.3. The molecule has 1 amide bonds. The molecule has 1 N–H and O–H groups in total. The second kappa shape index (κ2) is 7.82. The van der Waals surface area contributed by atoms with E-state index in [-0.39, 0.29) is 18.4 Å². The highest BCUT2D eigenvalue weighted by atomic mass is 16.5. The average Bonchev–Trinajstić information content (AvgIpc) is 2.54. The lowest BCUT2D eigenvalue weighted by molar-refractivity contribution is -0.139. The van der Waals surface area contributed by atoms with Gasteiger partial charge in [0.15, 0.2) is 6.61 Å². The van der Waals surface area contributed by atoms with E-state index in [0.717, 1.165) is 31.2 Å². The van der Waals surface area contributed by atoms with E-state index in [9.17, 15) is 9.59 Å². The highest BCUT2D eigenvalue weighted by molar-refractivity contribution is 5.78. The second-order valence-corrected chi connectivity index (χ2v) is 5.86. The summed E-state index contributed by atoms with van der Waals surface area (Å²) in [4.78, 5) is 24.6. The Morgan fingerprint density at radius 2 is 1.82 bits per heavy atom. The molecule has 120 valence electrons. The largest absolute Gasteiger partial charge is 0.482 e. The van der Waals surface area contributed by atoms with Crippen molar-refractivity contribution in [3.8, 4) is 5.75 Å². The summed E-state index contributed by atoms with van der Waals surface area (Å²) < 4.78 is 5.09. The maximum atomic E-state index is 12.4. The number of carboxylic acids is 1. The number of benzene rings is 1. The van der Waals surface area contributed by atoms with Crippen LogP contribution in [0.2, 0.25) is 0 Å². The standard InChI is InChI=1S/C17H23NO4/c1-18(17(21)14-5-3-2-4-6-14)11-13-7-9-15(10-8-13)22-12-16(19)20/h7-10,14H,2-6,11-12H2,1H3,(H,19,20). The van der Waals surface area contributed by atoms with Gasteiger partial charge in [0.05, 0.1) is 0 Å². The summed E-state index contributed by atoms with van der Waals surface area (Å²) in [5.41, 5.74) is 1.01. The summed E-state index contributed by atoms with van der Waals surface area (Å²) in [5.74, 6) is -0.0721. The molecule has 1 fully saturated rings. The molecule has 0 bridgehead atoms. The predicted octanol–water partition coefficient (Wildman–Crippen LogP) is 2.69. The molecular weight excluding hydrogens is 282 g/mol. The van der Waals surface area contributed by atoms with E-state index < -0.39 is 5.97 Å². The minimum absolute atomic E-state index is 0.178. The van der Waals surface area contributed by atoms with E-state index >= 15 is 0 Å². The zero-order valence-electron chi connectivity index (χ0n) is 13.0. The Balaban J connectivity index is 1.86. The molecule has 0 heterocycles. The van der Waals surface area contributed by atoms with Crippen LogP contribution in [0.1, 0.15) is 37.7 Å². The normalized spacial score (nSPS) is 15.3. The SMILES string of the molecule is CN(Cc1ccc(OCC(=O)O)cc1)C(=O)C1CCCCC1. The van der Waals surface area contributed by atoms with Crippen molar-refractivity contribution in [1.82, 2.24) is 4.90 Å². The Morgan fingerprint density at radius 3 is 2.41 bits per heavy atom. The van der Waals surface area contributed by atoms with Gasteiger partial charge in [-0.25, -0.2) is 4.79 Å². The Labute approximate surface area is 130 Å². The van der Waals surface area contributed by atoms with E-state index in [1.54, 1.807) is 17.0 Å². The monoisotopic (exact) mass is 305 g/mol. The van der Waals surface area contributed by atoms with Gasteiger partial charge in [-0.15, -0.1) is 0 Å². The molecule has 1 saturated carbocycles. The van der Waals surface area contributed by atoms with Gasteiger partial charge in [-0.1, -0.05) is 31.4 Å². The number of hydrogen-bond acceptors (Lipinski definition) is 3. The summed E-state index contributed by atoms with van der Waals surface area (Å²) >= 11 is 0. The molecule has 0 aliphatic heterocycles. The van der Waals surface area contributed by atoms with Crippen LogP contribution in [-0.4, -0.2) is 35.5 Å². The number of carboxylic acid groups (broad SMARTS) is 1. The van der Waals surface area contributed by atoms with Crippen LogP contribution in [0.4, 0.5) is 0 Å². The Morgan fingerprint density at radius 1 is 1.18 bits per heavy atom. The molecule has 5 nitrogen and oxygen atoms in total.